The van der Waals surface area contributed by atoms with Crippen molar-refractivity contribution in [3.8, 4) is 0 Å². The molecule has 0 atom stereocenters. The van der Waals surface area contributed by atoms with Gasteiger partial charge in [-0.1, -0.05) is 24.4 Å². The van der Waals surface area contributed by atoms with Gasteiger partial charge in [-0.3, -0.25) is 4.79 Å². The predicted octanol–water partition coefficient (Wildman–Crippen LogP) is 2.37. The minimum Gasteiger partial charge on any atom is -0.478 e. The Labute approximate surface area is 144 Å². The number of carboxylic acids is 1. The van der Waals surface area contributed by atoms with E-state index in [0.717, 1.165) is 32.1 Å². The number of carboxylic acid groups (broad SMARTS) is 1. The van der Waals surface area contributed by atoms with Crippen LogP contribution < -0.4 is 5.32 Å². The number of amides is 1. The number of carbonyl (C=O) groups excluding carboxylic acids is 1. The van der Waals surface area contributed by atoms with Crippen molar-refractivity contribution in [1.29, 1.82) is 0 Å². The van der Waals surface area contributed by atoms with Gasteiger partial charge in [0.05, 0.1) is 11.3 Å². The van der Waals surface area contributed by atoms with Gasteiger partial charge >= 0.3 is 5.97 Å². The molecular weight excluding hydrogens is 324 g/mol. The molecule has 25 heavy (non-hydrogen) atoms. The lowest BCUT2D eigenvalue weighted by Crippen LogP contribution is -2.48. The number of aryl methyl sites for hydroxylation is 2. The summed E-state index contributed by atoms with van der Waals surface area (Å²) in [6, 6.07) is 2.81. The first-order valence-electron chi connectivity index (χ1n) is 8.25. The Morgan fingerprint density at radius 1 is 1.16 bits per heavy atom. The number of pyridine rings is 1. The Kier molecular flexibility index (Phi) is 4.52. The lowest BCUT2D eigenvalue weighted by atomic mass is 9.81. The first kappa shape index (κ1) is 17.1. The zero-order chi connectivity index (χ0) is 18.0. The Morgan fingerprint density at radius 3 is 2.44 bits per heavy atom. The fraction of sp³-hybridized carbons (Fsp3) is 0.471. The Balaban J connectivity index is 1.88. The maximum absolute atomic E-state index is 12.7. The lowest BCUT2D eigenvalue weighted by Gasteiger charge is -2.35. The van der Waals surface area contributed by atoms with E-state index in [1.165, 1.54) is 12.1 Å². The van der Waals surface area contributed by atoms with Crippen molar-refractivity contribution in [1.82, 2.24) is 20.4 Å². The largest absolute Gasteiger partial charge is 0.478 e. The molecule has 132 valence electrons. The first-order chi connectivity index (χ1) is 11.9. The molecular formula is C17H20N4O4. The van der Waals surface area contributed by atoms with Crippen molar-refractivity contribution in [3.05, 3.63) is 40.8 Å². The molecule has 0 aliphatic heterocycles. The van der Waals surface area contributed by atoms with Crippen LogP contribution in [0, 0.1) is 13.8 Å². The number of hydrogen-bond acceptors (Lipinski definition) is 6. The average molecular weight is 344 g/mol. The van der Waals surface area contributed by atoms with Crippen molar-refractivity contribution in [3.63, 3.8) is 0 Å². The highest BCUT2D eigenvalue weighted by atomic mass is 16.5. The summed E-state index contributed by atoms with van der Waals surface area (Å²) in [5, 5.41) is 16.1. The van der Waals surface area contributed by atoms with Crippen molar-refractivity contribution in [2.45, 2.75) is 51.5 Å². The SMILES string of the molecule is Cc1nc(C2(NC(=O)c3ccc(C(=O)O)c(C)n3)CCCCC2)no1. The van der Waals surface area contributed by atoms with Gasteiger partial charge in [0, 0.05) is 6.92 Å². The zero-order valence-electron chi connectivity index (χ0n) is 14.2. The molecule has 8 nitrogen and oxygen atoms in total. The number of nitrogens with zero attached hydrogens (tertiary/aromatic N) is 3. The van der Waals surface area contributed by atoms with E-state index in [-0.39, 0.29) is 17.2 Å². The number of hydrogen-bond donors (Lipinski definition) is 2. The molecule has 2 heterocycles. The van der Waals surface area contributed by atoms with E-state index >= 15 is 0 Å². The normalized spacial score (nSPS) is 16.4. The number of nitrogens with one attached hydrogen (secondary N) is 1. The summed E-state index contributed by atoms with van der Waals surface area (Å²) >= 11 is 0. The van der Waals surface area contributed by atoms with Gasteiger partial charge in [0.25, 0.3) is 5.91 Å². The van der Waals surface area contributed by atoms with Crippen LogP contribution in [0.3, 0.4) is 0 Å². The van der Waals surface area contributed by atoms with E-state index in [0.29, 0.717) is 17.4 Å². The molecule has 1 fully saturated rings. The van der Waals surface area contributed by atoms with Crippen molar-refractivity contribution < 1.29 is 19.2 Å². The third kappa shape index (κ3) is 3.38. The quantitative estimate of drug-likeness (QED) is 0.874. The maximum atomic E-state index is 12.7. The summed E-state index contributed by atoms with van der Waals surface area (Å²) in [5.41, 5.74) is -0.118. The van der Waals surface area contributed by atoms with Crippen LogP contribution >= 0.6 is 0 Å². The van der Waals surface area contributed by atoms with Gasteiger partial charge < -0.3 is 14.9 Å². The summed E-state index contributed by atoms with van der Waals surface area (Å²) in [4.78, 5) is 32.3. The molecule has 8 heteroatoms. The van der Waals surface area contributed by atoms with E-state index in [4.69, 9.17) is 9.63 Å². The van der Waals surface area contributed by atoms with Crippen molar-refractivity contribution in [2.75, 3.05) is 0 Å². The highest BCUT2D eigenvalue weighted by Crippen LogP contribution is 2.35. The van der Waals surface area contributed by atoms with Crippen LogP contribution in [0.1, 0.15) is 70.4 Å². The van der Waals surface area contributed by atoms with Crippen LogP contribution in [0.15, 0.2) is 16.7 Å². The molecule has 1 aliphatic carbocycles. The highest BCUT2D eigenvalue weighted by molar-refractivity contribution is 5.94. The van der Waals surface area contributed by atoms with Crippen LogP contribution in [0.5, 0.6) is 0 Å². The summed E-state index contributed by atoms with van der Waals surface area (Å²) < 4.78 is 5.10. The monoisotopic (exact) mass is 344 g/mol. The molecule has 2 aromatic rings. The molecule has 0 aromatic carbocycles. The molecule has 1 aliphatic rings. The van der Waals surface area contributed by atoms with Gasteiger partial charge in [-0.15, -0.1) is 0 Å². The smallest absolute Gasteiger partial charge is 0.337 e. The first-order valence-corrected chi connectivity index (χ1v) is 8.25. The van der Waals surface area contributed by atoms with Crippen LogP contribution in [-0.4, -0.2) is 32.1 Å². The number of carbonyl (C=O) groups is 2. The van der Waals surface area contributed by atoms with Gasteiger partial charge in [0.1, 0.15) is 11.2 Å². The number of rotatable bonds is 4. The maximum Gasteiger partial charge on any atom is 0.337 e. The second kappa shape index (κ2) is 6.62. The standard InChI is InChI=1S/C17H20N4O4/c1-10-12(15(23)24)6-7-13(18-10)14(22)20-17(8-4-3-5-9-17)16-19-11(2)25-21-16/h6-7H,3-5,8-9H2,1-2H3,(H,20,22)(H,23,24). The molecule has 1 amide bonds. The van der Waals surface area contributed by atoms with Crippen LogP contribution in [0.2, 0.25) is 0 Å². The van der Waals surface area contributed by atoms with Gasteiger partial charge in [-0.25, -0.2) is 9.78 Å². The second-order valence-electron chi connectivity index (χ2n) is 6.37. The fourth-order valence-corrected chi connectivity index (χ4v) is 3.25. The van der Waals surface area contributed by atoms with E-state index in [2.05, 4.69) is 20.4 Å². The summed E-state index contributed by atoms with van der Waals surface area (Å²) in [7, 11) is 0. The number of aromatic carboxylic acids is 1. The average Bonchev–Trinajstić information content (AvgIpc) is 3.02. The van der Waals surface area contributed by atoms with Crippen LogP contribution in [0.4, 0.5) is 0 Å². The van der Waals surface area contributed by atoms with E-state index < -0.39 is 11.5 Å². The lowest BCUT2D eigenvalue weighted by molar-refractivity contribution is 0.0694. The molecule has 0 unspecified atom stereocenters. The van der Waals surface area contributed by atoms with Gasteiger partial charge in [0.15, 0.2) is 5.82 Å². The molecule has 3 rings (SSSR count). The Hall–Kier alpha value is -2.77. The molecule has 0 spiro atoms. The van der Waals surface area contributed by atoms with E-state index in [1.807, 2.05) is 0 Å². The number of aromatic nitrogens is 3. The third-order valence-electron chi connectivity index (χ3n) is 4.56. The third-order valence-corrected chi connectivity index (χ3v) is 4.56. The van der Waals surface area contributed by atoms with Crippen LogP contribution in [-0.2, 0) is 5.54 Å². The predicted molar refractivity (Wildman–Crippen MR) is 87.2 cm³/mol. The van der Waals surface area contributed by atoms with Gasteiger partial charge in [-0.05, 0) is 31.9 Å². The van der Waals surface area contributed by atoms with E-state index in [9.17, 15) is 9.59 Å². The minimum atomic E-state index is -1.07. The van der Waals surface area contributed by atoms with Crippen molar-refractivity contribution in [2.24, 2.45) is 0 Å². The zero-order valence-corrected chi connectivity index (χ0v) is 14.2. The molecule has 0 bridgehead atoms. The Bertz CT molecular complexity index is 809. The van der Waals surface area contributed by atoms with Crippen LogP contribution in [0.25, 0.3) is 0 Å². The molecule has 2 N–H and O–H groups in total. The topological polar surface area (TPSA) is 118 Å². The summed E-state index contributed by atoms with van der Waals surface area (Å²) in [5.74, 6) is -0.502. The summed E-state index contributed by atoms with van der Waals surface area (Å²) in [6.07, 6.45) is 4.46. The molecule has 0 saturated heterocycles. The Morgan fingerprint density at radius 2 is 1.88 bits per heavy atom. The molecule has 1 saturated carbocycles. The second-order valence-corrected chi connectivity index (χ2v) is 6.37. The molecule has 0 radical (unpaired) electrons. The van der Waals surface area contributed by atoms with Gasteiger partial charge in [0.2, 0.25) is 5.89 Å². The summed E-state index contributed by atoms with van der Waals surface area (Å²) in [6.45, 7) is 3.28. The molecule has 2 aromatic heterocycles. The van der Waals surface area contributed by atoms with Crippen molar-refractivity contribution >= 4 is 11.9 Å². The fourth-order valence-electron chi connectivity index (χ4n) is 3.25. The minimum absolute atomic E-state index is 0.0812. The highest BCUT2D eigenvalue weighted by Gasteiger charge is 2.40. The van der Waals surface area contributed by atoms with E-state index in [1.54, 1.807) is 13.8 Å². The van der Waals surface area contributed by atoms with Gasteiger partial charge in [-0.2, -0.15) is 4.98 Å².